The molecule has 7 heteroatoms. The van der Waals surface area contributed by atoms with E-state index in [1.807, 2.05) is 45.0 Å². The van der Waals surface area contributed by atoms with Gasteiger partial charge in [-0.2, -0.15) is 0 Å². The zero-order valence-corrected chi connectivity index (χ0v) is 16.5. The van der Waals surface area contributed by atoms with E-state index in [-0.39, 0.29) is 6.10 Å². The molecule has 1 N–H and O–H groups in total. The Labute approximate surface area is 159 Å². The van der Waals surface area contributed by atoms with Gasteiger partial charge in [-0.15, -0.1) is 0 Å². The Kier molecular flexibility index (Phi) is 4.99. The number of fused-ring (bicyclic) bond motifs is 1. The van der Waals surface area contributed by atoms with E-state index in [1.165, 1.54) is 0 Å². The number of likely N-dealkylation sites (tertiary alicyclic amines) is 1. The van der Waals surface area contributed by atoms with Gasteiger partial charge in [0, 0.05) is 6.42 Å². The third kappa shape index (κ3) is 4.66. The average molecular weight is 373 g/mol. The van der Waals surface area contributed by atoms with Crippen LogP contribution in [0.15, 0.2) is 30.5 Å². The molecule has 3 rings (SSSR count). The first-order valence-corrected chi connectivity index (χ1v) is 9.13. The maximum Gasteiger partial charge on any atom is 0.410 e. The van der Waals surface area contributed by atoms with E-state index < -0.39 is 23.3 Å². The lowest BCUT2D eigenvalue weighted by molar-refractivity contribution is -0.0240. The third-order valence-electron chi connectivity index (χ3n) is 4.42. The smallest absolute Gasteiger partial charge is 0.410 e. The molecule has 2 atom stereocenters. The average Bonchev–Trinajstić information content (AvgIpc) is 2.97. The first kappa shape index (κ1) is 19.4. The van der Waals surface area contributed by atoms with Gasteiger partial charge in [0.25, 0.3) is 0 Å². The number of aliphatic hydroxyl groups is 1. The highest BCUT2D eigenvalue weighted by Gasteiger charge is 2.45. The van der Waals surface area contributed by atoms with Gasteiger partial charge in [-0.25, -0.2) is 14.8 Å². The molecule has 27 heavy (non-hydrogen) atoms. The maximum absolute atomic E-state index is 12.6. The van der Waals surface area contributed by atoms with E-state index in [1.54, 1.807) is 24.9 Å². The Morgan fingerprint density at radius 2 is 1.85 bits per heavy atom. The second kappa shape index (κ2) is 6.96. The zero-order valence-electron chi connectivity index (χ0n) is 16.5. The van der Waals surface area contributed by atoms with Crippen LogP contribution >= 0.6 is 0 Å². The Morgan fingerprint density at radius 1 is 1.19 bits per heavy atom. The van der Waals surface area contributed by atoms with E-state index in [0.29, 0.717) is 18.8 Å². The predicted octanol–water partition coefficient (Wildman–Crippen LogP) is 3.16. The van der Waals surface area contributed by atoms with Crippen molar-refractivity contribution in [2.75, 3.05) is 6.54 Å². The maximum atomic E-state index is 12.6. The largest absolute Gasteiger partial charge is 0.471 e. The molecule has 0 spiro atoms. The zero-order chi connectivity index (χ0) is 19.8. The Hall–Kier alpha value is -2.41. The molecule has 0 saturated carbocycles. The van der Waals surface area contributed by atoms with Crippen LogP contribution in [0.5, 0.6) is 5.88 Å². The van der Waals surface area contributed by atoms with E-state index >= 15 is 0 Å². The number of carbonyl (C=O) groups excluding carboxylic acids is 1. The molecule has 2 unspecified atom stereocenters. The lowest BCUT2D eigenvalue weighted by atomic mass is 9.96. The number of ether oxygens (including phenoxy) is 2. The molecule has 0 radical (unpaired) electrons. The third-order valence-corrected chi connectivity index (χ3v) is 4.42. The molecular weight excluding hydrogens is 346 g/mol. The molecule has 146 valence electrons. The summed E-state index contributed by atoms with van der Waals surface area (Å²) in [5.74, 6) is 0.402. The first-order chi connectivity index (χ1) is 12.5. The van der Waals surface area contributed by atoms with Gasteiger partial charge < -0.3 is 14.6 Å². The highest BCUT2D eigenvalue weighted by molar-refractivity contribution is 5.74. The van der Waals surface area contributed by atoms with Gasteiger partial charge in [-0.1, -0.05) is 12.1 Å². The number of nitrogens with zero attached hydrogens (tertiary/aromatic N) is 3. The molecule has 0 aliphatic carbocycles. The van der Waals surface area contributed by atoms with E-state index in [2.05, 4.69) is 9.97 Å². The second-order valence-corrected chi connectivity index (χ2v) is 8.47. The molecule has 2 aromatic rings. The summed E-state index contributed by atoms with van der Waals surface area (Å²) in [4.78, 5) is 23.0. The van der Waals surface area contributed by atoms with E-state index in [0.717, 1.165) is 11.0 Å². The Balaban J connectivity index is 1.77. The molecule has 1 amide bonds. The second-order valence-electron chi connectivity index (χ2n) is 8.47. The summed E-state index contributed by atoms with van der Waals surface area (Å²) in [6.45, 7) is 9.15. The number of rotatable bonds is 3. The minimum Gasteiger partial charge on any atom is -0.471 e. The van der Waals surface area contributed by atoms with Crippen molar-refractivity contribution in [3.05, 3.63) is 30.5 Å². The van der Waals surface area contributed by atoms with Crippen molar-refractivity contribution in [2.24, 2.45) is 0 Å². The topological polar surface area (TPSA) is 84.8 Å². The molecule has 7 nitrogen and oxygen atoms in total. The van der Waals surface area contributed by atoms with Crippen LogP contribution in [0, 0.1) is 0 Å². The summed E-state index contributed by atoms with van der Waals surface area (Å²) in [6, 6.07) is 7.14. The molecule has 1 saturated heterocycles. The molecule has 1 aliphatic heterocycles. The number of para-hydroxylation sites is 2. The van der Waals surface area contributed by atoms with Crippen LogP contribution in [0.3, 0.4) is 0 Å². The van der Waals surface area contributed by atoms with Crippen LogP contribution < -0.4 is 4.74 Å². The molecule has 1 aromatic carbocycles. The van der Waals surface area contributed by atoms with Crippen LogP contribution in [0.25, 0.3) is 11.0 Å². The monoisotopic (exact) mass is 373 g/mol. The van der Waals surface area contributed by atoms with Gasteiger partial charge in [0.15, 0.2) is 0 Å². The molecular formula is C20H27N3O4. The minimum atomic E-state index is -1.08. The van der Waals surface area contributed by atoms with Crippen LogP contribution in [0.1, 0.15) is 41.0 Å². The number of hydrogen-bond donors (Lipinski definition) is 1. The van der Waals surface area contributed by atoms with Crippen molar-refractivity contribution >= 4 is 17.1 Å². The highest BCUT2D eigenvalue weighted by Crippen LogP contribution is 2.30. The van der Waals surface area contributed by atoms with Crippen LogP contribution in [0.2, 0.25) is 0 Å². The fraction of sp³-hybridized carbons (Fsp3) is 0.550. The van der Waals surface area contributed by atoms with E-state index in [4.69, 9.17) is 9.47 Å². The predicted molar refractivity (Wildman–Crippen MR) is 102 cm³/mol. The van der Waals surface area contributed by atoms with Gasteiger partial charge in [0.05, 0.1) is 35.4 Å². The van der Waals surface area contributed by atoms with Crippen molar-refractivity contribution in [2.45, 2.75) is 64.4 Å². The SMILES string of the molecule is CC(C)(C)OC(=O)N1CC(Oc2cnc3ccccc3n2)CC1C(C)(C)O. The van der Waals surface area contributed by atoms with Gasteiger partial charge >= 0.3 is 6.09 Å². The van der Waals surface area contributed by atoms with Crippen molar-refractivity contribution in [3.63, 3.8) is 0 Å². The molecule has 1 aromatic heterocycles. The quantitative estimate of drug-likeness (QED) is 0.890. The fourth-order valence-electron chi connectivity index (χ4n) is 3.24. The van der Waals surface area contributed by atoms with E-state index in [9.17, 15) is 9.90 Å². The highest BCUT2D eigenvalue weighted by atomic mass is 16.6. The molecule has 2 heterocycles. The minimum absolute atomic E-state index is 0.301. The standard InChI is InChI=1S/C20H27N3O4/c1-19(2,3)27-18(24)23-12-13(10-16(23)20(4,5)25)26-17-11-21-14-8-6-7-9-15(14)22-17/h6-9,11,13,16,25H,10,12H2,1-5H3. The summed E-state index contributed by atoms with van der Waals surface area (Å²) < 4.78 is 11.5. The lowest BCUT2D eigenvalue weighted by Crippen LogP contribution is -2.49. The normalized spacial score (nSPS) is 20.7. The summed E-state index contributed by atoms with van der Waals surface area (Å²) in [7, 11) is 0. The van der Waals surface area contributed by atoms with Gasteiger partial charge in [0.2, 0.25) is 5.88 Å². The number of hydrogen-bond acceptors (Lipinski definition) is 6. The first-order valence-electron chi connectivity index (χ1n) is 9.13. The van der Waals surface area contributed by atoms with Crippen LogP contribution in [0.4, 0.5) is 4.79 Å². The number of benzene rings is 1. The molecule has 0 bridgehead atoms. The van der Waals surface area contributed by atoms with Gasteiger partial charge in [-0.3, -0.25) is 4.90 Å². The number of amides is 1. The van der Waals surface area contributed by atoms with Crippen molar-refractivity contribution in [3.8, 4) is 5.88 Å². The van der Waals surface area contributed by atoms with Gasteiger partial charge in [-0.05, 0) is 46.8 Å². The van der Waals surface area contributed by atoms with Crippen molar-refractivity contribution < 1.29 is 19.4 Å². The summed E-state index contributed by atoms with van der Waals surface area (Å²) in [5.41, 5.74) is -0.147. The number of aromatic nitrogens is 2. The molecule has 1 aliphatic rings. The van der Waals surface area contributed by atoms with Crippen LogP contribution in [-0.4, -0.2) is 56.0 Å². The van der Waals surface area contributed by atoms with Crippen molar-refractivity contribution in [1.82, 2.24) is 14.9 Å². The number of carbonyl (C=O) groups is 1. The Bertz CT molecular complexity index is 826. The molecule has 1 fully saturated rings. The Morgan fingerprint density at radius 3 is 2.48 bits per heavy atom. The summed E-state index contributed by atoms with van der Waals surface area (Å²) >= 11 is 0. The van der Waals surface area contributed by atoms with Gasteiger partial charge in [0.1, 0.15) is 11.7 Å². The fourth-order valence-corrected chi connectivity index (χ4v) is 3.24. The lowest BCUT2D eigenvalue weighted by Gasteiger charge is -2.34. The van der Waals surface area contributed by atoms with Crippen LogP contribution in [-0.2, 0) is 4.74 Å². The van der Waals surface area contributed by atoms with Crippen molar-refractivity contribution in [1.29, 1.82) is 0 Å². The summed E-state index contributed by atoms with van der Waals surface area (Å²) in [6.07, 6.45) is 1.31. The summed E-state index contributed by atoms with van der Waals surface area (Å²) in [5, 5.41) is 10.5.